The van der Waals surface area contributed by atoms with Crippen molar-refractivity contribution in [1.29, 1.82) is 0 Å². The van der Waals surface area contributed by atoms with Crippen LogP contribution in [0, 0.1) is 6.42 Å². The second-order valence-corrected chi connectivity index (χ2v) is 1.88. The molecule has 0 aromatic heterocycles. The van der Waals surface area contributed by atoms with Crippen LogP contribution in [0.15, 0.2) is 0 Å². The van der Waals surface area contributed by atoms with Crippen LogP contribution >= 0.6 is 0 Å². The first kappa shape index (κ1) is 8.47. The summed E-state index contributed by atoms with van der Waals surface area (Å²) in [5.41, 5.74) is 0. The van der Waals surface area contributed by atoms with Crippen molar-refractivity contribution in [2.24, 2.45) is 0 Å². The van der Waals surface area contributed by atoms with Crippen molar-refractivity contribution >= 4 is 5.97 Å². The second-order valence-electron chi connectivity index (χ2n) is 1.88. The molecule has 0 saturated carbocycles. The Labute approximate surface area is 56.2 Å². The fourth-order valence-electron chi connectivity index (χ4n) is 0.359. The maximum atomic E-state index is 10.5. The molecule has 1 atom stereocenters. The van der Waals surface area contributed by atoms with Crippen LogP contribution in [0.2, 0.25) is 0 Å². The summed E-state index contributed by atoms with van der Waals surface area (Å²) in [5, 5.41) is 0. The number of esters is 1. The van der Waals surface area contributed by atoms with Crippen LogP contribution in [0.3, 0.4) is 0 Å². The SMILES string of the molecule is C[CH][C@H](C)OC(=O)CC. The predicted molar refractivity (Wildman–Crippen MR) is 35.8 cm³/mol. The van der Waals surface area contributed by atoms with E-state index in [0.29, 0.717) is 6.42 Å². The molecule has 2 nitrogen and oxygen atoms in total. The van der Waals surface area contributed by atoms with Gasteiger partial charge in [-0.2, -0.15) is 0 Å². The highest BCUT2D eigenvalue weighted by Crippen LogP contribution is 1.96. The third-order valence-corrected chi connectivity index (χ3v) is 1.08. The molecule has 2 heteroatoms. The molecule has 0 amide bonds. The van der Waals surface area contributed by atoms with Crippen LogP contribution in [-0.2, 0) is 9.53 Å². The molecule has 0 aliphatic rings. The molecule has 0 aromatic rings. The Balaban J connectivity index is 3.34. The van der Waals surface area contributed by atoms with Crippen LogP contribution in [-0.4, -0.2) is 12.1 Å². The van der Waals surface area contributed by atoms with Gasteiger partial charge in [0.2, 0.25) is 0 Å². The van der Waals surface area contributed by atoms with Crippen LogP contribution < -0.4 is 0 Å². The summed E-state index contributed by atoms with van der Waals surface area (Å²) in [4.78, 5) is 10.5. The summed E-state index contributed by atoms with van der Waals surface area (Å²) in [7, 11) is 0. The summed E-state index contributed by atoms with van der Waals surface area (Å²) in [6.45, 7) is 5.49. The highest BCUT2D eigenvalue weighted by atomic mass is 16.5. The maximum Gasteiger partial charge on any atom is 0.305 e. The van der Waals surface area contributed by atoms with Gasteiger partial charge in [0.1, 0.15) is 6.10 Å². The average Bonchev–Trinajstić information content (AvgIpc) is 1.87. The van der Waals surface area contributed by atoms with Crippen LogP contribution in [0.1, 0.15) is 27.2 Å². The van der Waals surface area contributed by atoms with Gasteiger partial charge in [-0.3, -0.25) is 4.79 Å². The van der Waals surface area contributed by atoms with E-state index >= 15 is 0 Å². The number of carbonyl (C=O) groups excluding carboxylic acids is 1. The van der Waals surface area contributed by atoms with Crippen molar-refractivity contribution in [3.05, 3.63) is 6.42 Å². The molecule has 0 fully saturated rings. The molecule has 0 aromatic carbocycles. The zero-order valence-electron chi connectivity index (χ0n) is 6.18. The van der Waals surface area contributed by atoms with Crippen molar-refractivity contribution in [2.75, 3.05) is 0 Å². The fourth-order valence-corrected chi connectivity index (χ4v) is 0.359. The Morgan fingerprint density at radius 1 is 1.78 bits per heavy atom. The van der Waals surface area contributed by atoms with Gasteiger partial charge in [-0.15, -0.1) is 0 Å². The fraction of sp³-hybridized carbons (Fsp3) is 0.714. The number of hydrogen-bond acceptors (Lipinski definition) is 2. The summed E-state index contributed by atoms with van der Waals surface area (Å²) >= 11 is 0. The van der Waals surface area contributed by atoms with Gasteiger partial charge in [0.15, 0.2) is 0 Å². The van der Waals surface area contributed by atoms with E-state index in [1.807, 2.05) is 20.3 Å². The van der Waals surface area contributed by atoms with E-state index in [0.717, 1.165) is 0 Å². The van der Waals surface area contributed by atoms with E-state index < -0.39 is 0 Å². The van der Waals surface area contributed by atoms with E-state index in [9.17, 15) is 4.79 Å². The standard InChI is InChI=1S/C7H13O2/c1-4-6(3)9-7(8)5-2/h4,6H,5H2,1-3H3/t6-/m0/s1. The van der Waals surface area contributed by atoms with Crippen LogP contribution in [0.25, 0.3) is 0 Å². The van der Waals surface area contributed by atoms with Gasteiger partial charge in [0.25, 0.3) is 0 Å². The minimum Gasteiger partial charge on any atom is -0.462 e. The minimum atomic E-state index is -0.138. The topological polar surface area (TPSA) is 26.3 Å². The third-order valence-electron chi connectivity index (χ3n) is 1.08. The van der Waals surface area contributed by atoms with Gasteiger partial charge in [0, 0.05) is 6.42 Å². The number of rotatable bonds is 3. The molecule has 0 rings (SSSR count). The first-order valence-corrected chi connectivity index (χ1v) is 3.19. The van der Waals surface area contributed by atoms with Gasteiger partial charge in [-0.1, -0.05) is 13.8 Å². The number of hydrogen-bond donors (Lipinski definition) is 0. The maximum absolute atomic E-state index is 10.5. The Morgan fingerprint density at radius 3 is 2.67 bits per heavy atom. The Kier molecular flexibility index (Phi) is 4.10. The van der Waals surface area contributed by atoms with E-state index in [2.05, 4.69) is 0 Å². The monoisotopic (exact) mass is 129 g/mol. The highest BCUT2D eigenvalue weighted by Gasteiger charge is 2.03. The molecule has 0 N–H and O–H groups in total. The first-order chi connectivity index (χ1) is 4.20. The molecule has 0 aliphatic heterocycles. The molecule has 0 spiro atoms. The van der Waals surface area contributed by atoms with E-state index in [1.54, 1.807) is 6.92 Å². The van der Waals surface area contributed by atoms with Gasteiger partial charge >= 0.3 is 5.97 Å². The molecule has 0 aliphatic carbocycles. The highest BCUT2D eigenvalue weighted by molar-refractivity contribution is 5.69. The van der Waals surface area contributed by atoms with Gasteiger partial charge in [0.05, 0.1) is 0 Å². The molecule has 9 heavy (non-hydrogen) atoms. The van der Waals surface area contributed by atoms with Crippen LogP contribution in [0.4, 0.5) is 0 Å². The lowest BCUT2D eigenvalue weighted by molar-refractivity contribution is -0.146. The molecule has 1 radical (unpaired) electrons. The zero-order valence-corrected chi connectivity index (χ0v) is 6.18. The molecular weight excluding hydrogens is 116 g/mol. The minimum absolute atomic E-state index is 0.0440. The lowest BCUT2D eigenvalue weighted by Crippen LogP contribution is -2.12. The Hall–Kier alpha value is -0.530. The largest absolute Gasteiger partial charge is 0.462 e. The summed E-state index contributed by atoms with van der Waals surface area (Å²) < 4.78 is 4.85. The van der Waals surface area contributed by atoms with E-state index in [1.165, 1.54) is 0 Å². The van der Waals surface area contributed by atoms with Gasteiger partial charge < -0.3 is 4.74 Å². The summed E-state index contributed by atoms with van der Waals surface area (Å²) in [5.74, 6) is -0.138. The Bertz CT molecular complexity index is 88.9. The third kappa shape index (κ3) is 4.01. The lowest BCUT2D eigenvalue weighted by Gasteiger charge is -2.08. The summed E-state index contributed by atoms with van der Waals surface area (Å²) in [6.07, 6.45) is 2.25. The normalized spacial score (nSPS) is 12.8. The molecule has 0 bridgehead atoms. The van der Waals surface area contributed by atoms with Gasteiger partial charge in [-0.05, 0) is 13.3 Å². The smallest absolute Gasteiger partial charge is 0.305 e. The quantitative estimate of drug-likeness (QED) is 0.540. The van der Waals surface area contributed by atoms with E-state index in [4.69, 9.17) is 4.74 Å². The van der Waals surface area contributed by atoms with Crippen LogP contribution in [0.5, 0.6) is 0 Å². The number of carbonyl (C=O) groups is 1. The van der Waals surface area contributed by atoms with Gasteiger partial charge in [-0.25, -0.2) is 0 Å². The lowest BCUT2D eigenvalue weighted by atomic mass is 10.3. The number of ether oxygens (including phenoxy) is 1. The molecule has 0 unspecified atom stereocenters. The first-order valence-electron chi connectivity index (χ1n) is 3.19. The molecule has 0 heterocycles. The van der Waals surface area contributed by atoms with Crippen molar-refractivity contribution in [1.82, 2.24) is 0 Å². The summed E-state index contributed by atoms with van der Waals surface area (Å²) in [6, 6.07) is 0. The molecule has 0 saturated heterocycles. The Morgan fingerprint density at radius 2 is 2.33 bits per heavy atom. The second kappa shape index (κ2) is 4.36. The van der Waals surface area contributed by atoms with E-state index in [-0.39, 0.29) is 12.1 Å². The average molecular weight is 129 g/mol. The van der Waals surface area contributed by atoms with Crippen molar-refractivity contribution in [2.45, 2.75) is 33.3 Å². The van der Waals surface area contributed by atoms with Crippen molar-refractivity contribution in [3.63, 3.8) is 0 Å². The molecule has 53 valence electrons. The van der Waals surface area contributed by atoms with Crippen molar-refractivity contribution in [3.8, 4) is 0 Å². The zero-order chi connectivity index (χ0) is 7.28. The van der Waals surface area contributed by atoms with Crippen molar-refractivity contribution < 1.29 is 9.53 Å². The molecular formula is C7H13O2. The predicted octanol–water partition coefficient (Wildman–Crippen LogP) is 1.55.